The standard InChI is InChI=1S/C18H24N4O4/c1-4-26-11-5-10-19-16(23)13-6-8-14(9-7-13)20-17(24)15-12-22(2)21-18(15)25-3/h6-9,12H,4-5,10-11H2,1-3H3,(H,19,23)(H,20,24). The molecule has 2 rings (SSSR count). The van der Waals surface area contributed by atoms with Gasteiger partial charge in [-0.15, -0.1) is 5.10 Å². The lowest BCUT2D eigenvalue weighted by Crippen LogP contribution is -2.25. The predicted molar refractivity (Wildman–Crippen MR) is 97.6 cm³/mol. The van der Waals surface area contributed by atoms with E-state index < -0.39 is 0 Å². The summed E-state index contributed by atoms with van der Waals surface area (Å²) >= 11 is 0. The topological polar surface area (TPSA) is 94.5 Å². The van der Waals surface area contributed by atoms with Gasteiger partial charge < -0.3 is 20.1 Å². The van der Waals surface area contributed by atoms with E-state index in [-0.39, 0.29) is 17.7 Å². The average Bonchev–Trinajstić information content (AvgIpc) is 3.03. The number of nitrogens with zero attached hydrogens (tertiary/aromatic N) is 2. The summed E-state index contributed by atoms with van der Waals surface area (Å²) in [6.07, 6.45) is 2.35. The number of anilines is 1. The molecule has 2 N–H and O–H groups in total. The second kappa shape index (κ2) is 9.57. The molecular formula is C18H24N4O4. The van der Waals surface area contributed by atoms with Gasteiger partial charge in [0.05, 0.1) is 7.11 Å². The van der Waals surface area contributed by atoms with E-state index in [9.17, 15) is 9.59 Å². The SMILES string of the molecule is CCOCCCNC(=O)c1ccc(NC(=O)c2cn(C)nc2OC)cc1. The molecule has 0 unspecified atom stereocenters. The van der Waals surface area contributed by atoms with E-state index in [0.717, 1.165) is 6.42 Å². The summed E-state index contributed by atoms with van der Waals surface area (Å²) < 4.78 is 11.8. The first-order chi connectivity index (χ1) is 12.5. The fourth-order valence-electron chi connectivity index (χ4n) is 2.30. The number of carbonyl (C=O) groups is 2. The number of ether oxygens (including phenoxy) is 2. The van der Waals surface area contributed by atoms with Crippen molar-refractivity contribution in [1.29, 1.82) is 0 Å². The highest BCUT2D eigenvalue weighted by molar-refractivity contribution is 6.06. The van der Waals surface area contributed by atoms with E-state index in [1.165, 1.54) is 11.8 Å². The summed E-state index contributed by atoms with van der Waals surface area (Å²) in [6.45, 7) is 3.78. The maximum atomic E-state index is 12.3. The minimum Gasteiger partial charge on any atom is -0.479 e. The van der Waals surface area contributed by atoms with E-state index in [2.05, 4.69) is 15.7 Å². The van der Waals surface area contributed by atoms with Crippen LogP contribution in [-0.4, -0.2) is 48.5 Å². The Hall–Kier alpha value is -2.87. The number of hydrogen-bond acceptors (Lipinski definition) is 5. The molecule has 0 spiro atoms. The summed E-state index contributed by atoms with van der Waals surface area (Å²) in [5.41, 5.74) is 1.44. The van der Waals surface area contributed by atoms with Gasteiger partial charge in [-0.3, -0.25) is 14.3 Å². The Morgan fingerprint density at radius 3 is 2.58 bits per heavy atom. The van der Waals surface area contributed by atoms with Crippen LogP contribution in [0.15, 0.2) is 30.5 Å². The number of aryl methyl sites for hydroxylation is 1. The molecule has 0 saturated carbocycles. The molecule has 140 valence electrons. The van der Waals surface area contributed by atoms with E-state index >= 15 is 0 Å². The zero-order valence-electron chi connectivity index (χ0n) is 15.2. The first-order valence-electron chi connectivity index (χ1n) is 8.40. The van der Waals surface area contributed by atoms with Gasteiger partial charge >= 0.3 is 0 Å². The normalized spacial score (nSPS) is 10.4. The molecule has 0 aliphatic carbocycles. The molecule has 0 saturated heterocycles. The zero-order valence-corrected chi connectivity index (χ0v) is 15.2. The summed E-state index contributed by atoms with van der Waals surface area (Å²) in [6, 6.07) is 6.67. The molecule has 0 radical (unpaired) electrons. The van der Waals surface area contributed by atoms with Crippen LogP contribution in [0, 0.1) is 0 Å². The summed E-state index contributed by atoms with van der Waals surface area (Å²) in [5, 5.41) is 9.63. The molecule has 0 bridgehead atoms. The van der Waals surface area contributed by atoms with Crippen molar-refractivity contribution >= 4 is 17.5 Å². The van der Waals surface area contributed by atoms with Gasteiger partial charge in [-0.1, -0.05) is 0 Å². The van der Waals surface area contributed by atoms with E-state index in [1.807, 2.05) is 6.92 Å². The van der Waals surface area contributed by atoms with Crippen LogP contribution in [0.1, 0.15) is 34.1 Å². The van der Waals surface area contributed by atoms with Gasteiger partial charge in [0.25, 0.3) is 11.8 Å². The Kier molecular flexibility index (Phi) is 7.16. The number of rotatable bonds is 9. The first kappa shape index (κ1) is 19.5. The number of benzene rings is 1. The van der Waals surface area contributed by atoms with Crippen molar-refractivity contribution in [2.45, 2.75) is 13.3 Å². The summed E-state index contributed by atoms with van der Waals surface area (Å²) in [4.78, 5) is 24.4. The minimum absolute atomic E-state index is 0.159. The molecule has 8 heteroatoms. The highest BCUT2D eigenvalue weighted by Gasteiger charge is 2.16. The van der Waals surface area contributed by atoms with Gasteiger partial charge in [0.1, 0.15) is 5.56 Å². The van der Waals surface area contributed by atoms with Crippen LogP contribution in [-0.2, 0) is 11.8 Å². The van der Waals surface area contributed by atoms with Gasteiger partial charge in [0.2, 0.25) is 5.88 Å². The monoisotopic (exact) mass is 360 g/mol. The molecule has 26 heavy (non-hydrogen) atoms. The maximum absolute atomic E-state index is 12.3. The fourth-order valence-corrected chi connectivity index (χ4v) is 2.30. The Morgan fingerprint density at radius 2 is 1.92 bits per heavy atom. The smallest absolute Gasteiger partial charge is 0.262 e. The van der Waals surface area contributed by atoms with Crippen molar-refractivity contribution in [3.63, 3.8) is 0 Å². The number of carbonyl (C=O) groups excluding carboxylic acids is 2. The van der Waals surface area contributed by atoms with Gasteiger partial charge in [-0.05, 0) is 37.6 Å². The minimum atomic E-state index is -0.330. The second-order valence-electron chi connectivity index (χ2n) is 5.56. The molecule has 1 heterocycles. The lowest BCUT2D eigenvalue weighted by Gasteiger charge is -2.07. The van der Waals surface area contributed by atoms with Crippen LogP contribution in [0.3, 0.4) is 0 Å². The molecule has 0 atom stereocenters. The number of hydrogen-bond donors (Lipinski definition) is 2. The van der Waals surface area contributed by atoms with E-state index in [4.69, 9.17) is 9.47 Å². The first-order valence-corrected chi connectivity index (χ1v) is 8.40. The van der Waals surface area contributed by atoms with Gasteiger partial charge in [-0.25, -0.2) is 0 Å². The molecule has 1 aromatic carbocycles. The fraction of sp³-hybridized carbons (Fsp3) is 0.389. The molecule has 8 nitrogen and oxygen atoms in total. The number of methoxy groups -OCH3 is 1. The van der Waals surface area contributed by atoms with E-state index in [1.54, 1.807) is 37.5 Å². The number of nitrogens with one attached hydrogen (secondary N) is 2. The highest BCUT2D eigenvalue weighted by Crippen LogP contribution is 2.17. The van der Waals surface area contributed by atoms with Crippen LogP contribution in [0.5, 0.6) is 5.88 Å². The zero-order chi connectivity index (χ0) is 18.9. The second-order valence-corrected chi connectivity index (χ2v) is 5.56. The Balaban J connectivity index is 1.90. The van der Waals surface area contributed by atoms with Crippen molar-refractivity contribution in [3.8, 4) is 5.88 Å². The third kappa shape index (κ3) is 5.32. The lowest BCUT2D eigenvalue weighted by atomic mass is 10.2. The largest absolute Gasteiger partial charge is 0.479 e. The van der Waals surface area contributed by atoms with Crippen LogP contribution >= 0.6 is 0 Å². The van der Waals surface area contributed by atoms with Crippen LogP contribution in [0.4, 0.5) is 5.69 Å². The molecule has 2 amide bonds. The van der Waals surface area contributed by atoms with Crippen LogP contribution in [0.25, 0.3) is 0 Å². The van der Waals surface area contributed by atoms with Crippen molar-refractivity contribution in [1.82, 2.24) is 15.1 Å². The molecule has 0 aliphatic heterocycles. The Morgan fingerprint density at radius 1 is 1.19 bits per heavy atom. The van der Waals surface area contributed by atoms with Crippen LogP contribution < -0.4 is 15.4 Å². The average molecular weight is 360 g/mol. The van der Waals surface area contributed by atoms with Gasteiger partial charge in [0, 0.05) is 44.3 Å². The molecule has 1 aromatic heterocycles. The van der Waals surface area contributed by atoms with Crippen LogP contribution in [0.2, 0.25) is 0 Å². The molecule has 0 fully saturated rings. The predicted octanol–water partition coefficient (Wildman–Crippen LogP) is 1.84. The molecule has 2 aromatic rings. The van der Waals surface area contributed by atoms with Gasteiger partial charge in [0.15, 0.2) is 0 Å². The summed E-state index contributed by atoms with van der Waals surface area (Å²) in [5.74, 6) is -0.232. The maximum Gasteiger partial charge on any atom is 0.262 e. The molecule has 0 aliphatic rings. The number of aromatic nitrogens is 2. The van der Waals surface area contributed by atoms with Gasteiger partial charge in [-0.2, -0.15) is 0 Å². The van der Waals surface area contributed by atoms with Crippen molar-refractivity contribution < 1.29 is 19.1 Å². The van der Waals surface area contributed by atoms with Crippen molar-refractivity contribution in [2.24, 2.45) is 7.05 Å². The highest BCUT2D eigenvalue weighted by atomic mass is 16.5. The van der Waals surface area contributed by atoms with Crippen molar-refractivity contribution in [3.05, 3.63) is 41.6 Å². The quantitative estimate of drug-likeness (QED) is 0.666. The summed E-state index contributed by atoms with van der Waals surface area (Å²) in [7, 11) is 3.17. The third-order valence-electron chi connectivity index (χ3n) is 3.59. The third-order valence-corrected chi connectivity index (χ3v) is 3.59. The molecular weight excluding hydrogens is 336 g/mol. The Labute approximate surface area is 152 Å². The number of amides is 2. The Bertz CT molecular complexity index is 740. The lowest BCUT2D eigenvalue weighted by molar-refractivity contribution is 0.0943. The van der Waals surface area contributed by atoms with E-state index in [0.29, 0.717) is 36.6 Å². The van der Waals surface area contributed by atoms with Crippen molar-refractivity contribution in [2.75, 3.05) is 32.2 Å².